The van der Waals surface area contributed by atoms with Crippen molar-refractivity contribution in [1.29, 1.82) is 0 Å². The molecule has 0 saturated carbocycles. The van der Waals surface area contributed by atoms with Crippen LogP contribution >= 0.6 is 0 Å². The second kappa shape index (κ2) is 8.87. The van der Waals surface area contributed by atoms with Gasteiger partial charge in [-0.1, -0.05) is 67.6 Å². The molecule has 126 valence electrons. The zero-order valence-corrected chi connectivity index (χ0v) is 13.8. The van der Waals surface area contributed by atoms with E-state index in [4.69, 9.17) is 0 Å². The predicted molar refractivity (Wildman–Crippen MR) is 93.8 cm³/mol. The van der Waals surface area contributed by atoms with Crippen LogP contribution in [0.3, 0.4) is 0 Å². The Morgan fingerprint density at radius 3 is 2.12 bits per heavy atom. The fourth-order valence-electron chi connectivity index (χ4n) is 2.75. The molecule has 1 amide bonds. The monoisotopic (exact) mass is 325 g/mol. The van der Waals surface area contributed by atoms with Gasteiger partial charge in [-0.2, -0.15) is 0 Å². The second-order valence-corrected chi connectivity index (χ2v) is 5.87. The normalized spacial score (nSPS) is 13.0. The molecule has 4 nitrogen and oxygen atoms in total. The molecule has 2 rings (SSSR count). The Morgan fingerprint density at radius 2 is 1.58 bits per heavy atom. The number of amides is 1. The van der Waals surface area contributed by atoms with Crippen LogP contribution in [0, 0.1) is 0 Å². The lowest BCUT2D eigenvalue weighted by molar-refractivity contribution is -0.141. The molecule has 4 heteroatoms. The molecule has 24 heavy (non-hydrogen) atoms. The van der Waals surface area contributed by atoms with E-state index in [2.05, 4.69) is 5.32 Å². The zero-order chi connectivity index (χ0) is 17.4. The maximum absolute atomic E-state index is 12.3. The van der Waals surface area contributed by atoms with Gasteiger partial charge in [0, 0.05) is 12.8 Å². The lowest BCUT2D eigenvalue weighted by Crippen LogP contribution is -2.42. The molecule has 2 N–H and O–H groups in total. The lowest BCUT2D eigenvalue weighted by atomic mass is 9.93. The van der Waals surface area contributed by atoms with Crippen molar-refractivity contribution in [3.63, 3.8) is 0 Å². The molecule has 0 bridgehead atoms. The summed E-state index contributed by atoms with van der Waals surface area (Å²) in [5.74, 6) is -1.15. The predicted octanol–water partition coefficient (Wildman–Crippen LogP) is 3.38. The standard InChI is InChI=1S/C20H23NO3/c1-2-16(17-11-7-4-8-12-17)14-19(22)21-18(20(23)24)13-15-9-5-3-6-10-15/h3-12,16,18H,2,13-14H2,1H3,(H,21,22)(H,23,24). The van der Waals surface area contributed by atoms with E-state index in [1.807, 2.05) is 67.6 Å². The van der Waals surface area contributed by atoms with Gasteiger partial charge in [0.05, 0.1) is 0 Å². The Morgan fingerprint density at radius 1 is 1.00 bits per heavy atom. The number of carboxylic acid groups (broad SMARTS) is 1. The number of benzene rings is 2. The maximum Gasteiger partial charge on any atom is 0.326 e. The highest BCUT2D eigenvalue weighted by atomic mass is 16.4. The first-order chi connectivity index (χ1) is 11.6. The van der Waals surface area contributed by atoms with Crippen LogP contribution in [0.2, 0.25) is 0 Å². The van der Waals surface area contributed by atoms with Crippen molar-refractivity contribution >= 4 is 11.9 Å². The van der Waals surface area contributed by atoms with Crippen molar-refractivity contribution in [2.24, 2.45) is 0 Å². The highest BCUT2D eigenvalue weighted by Crippen LogP contribution is 2.22. The average Bonchev–Trinajstić information content (AvgIpc) is 2.60. The first kappa shape index (κ1) is 17.7. The van der Waals surface area contributed by atoms with Crippen molar-refractivity contribution in [1.82, 2.24) is 5.32 Å². The molecule has 2 unspecified atom stereocenters. The second-order valence-electron chi connectivity index (χ2n) is 5.87. The number of carbonyl (C=O) groups excluding carboxylic acids is 1. The molecular formula is C20H23NO3. The van der Waals surface area contributed by atoms with Gasteiger partial charge in [-0.15, -0.1) is 0 Å². The topological polar surface area (TPSA) is 66.4 Å². The molecule has 0 saturated heterocycles. The number of nitrogens with one attached hydrogen (secondary N) is 1. The van der Waals surface area contributed by atoms with Crippen LogP contribution in [-0.2, 0) is 16.0 Å². The van der Waals surface area contributed by atoms with Crippen molar-refractivity contribution in [2.45, 2.75) is 38.1 Å². The number of hydrogen-bond donors (Lipinski definition) is 2. The molecule has 0 aliphatic heterocycles. The summed E-state index contributed by atoms with van der Waals surface area (Å²) in [6.45, 7) is 2.03. The highest BCUT2D eigenvalue weighted by molar-refractivity contribution is 5.84. The fraction of sp³-hybridized carbons (Fsp3) is 0.300. The molecule has 2 atom stereocenters. The molecule has 2 aromatic rings. The minimum absolute atomic E-state index is 0.0948. The quantitative estimate of drug-likeness (QED) is 0.782. The minimum Gasteiger partial charge on any atom is -0.480 e. The van der Waals surface area contributed by atoms with Crippen LogP contribution in [0.1, 0.15) is 36.8 Å². The average molecular weight is 325 g/mol. The van der Waals surface area contributed by atoms with E-state index in [1.54, 1.807) is 0 Å². The zero-order valence-electron chi connectivity index (χ0n) is 13.8. The molecule has 0 heterocycles. The summed E-state index contributed by atoms with van der Waals surface area (Å²) in [6.07, 6.45) is 1.40. The highest BCUT2D eigenvalue weighted by Gasteiger charge is 2.22. The van der Waals surface area contributed by atoms with E-state index >= 15 is 0 Å². The fourth-order valence-corrected chi connectivity index (χ4v) is 2.75. The summed E-state index contributed by atoms with van der Waals surface area (Å²) >= 11 is 0. The Balaban J connectivity index is 1.98. The van der Waals surface area contributed by atoms with Crippen molar-refractivity contribution in [3.05, 3.63) is 71.8 Å². The third-order valence-corrected chi connectivity index (χ3v) is 4.11. The van der Waals surface area contributed by atoms with Gasteiger partial charge >= 0.3 is 5.97 Å². The largest absolute Gasteiger partial charge is 0.480 e. The molecule has 0 aliphatic rings. The SMILES string of the molecule is CCC(CC(=O)NC(Cc1ccccc1)C(=O)O)c1ccccc1. The van der Waals surface area contributed by atoms with Crippen molar-refractivity contribution < 1.29 is 14.7 Å². The third-order valence-electron chi connectivity index (χ3n) is 4.11. The Labute approximate surface area is 142 Å². The Kier molecular flexibility index (Phi) is 6.55. The Bertz CT molecular complexity index is 655. The molecule has 0 aromatic heterocycles. The van der Waals surface area contributed by atoms with Crippen LogP contribution in [-0.4, -0.2) is 23.0 Å². The molecule has 0 spiro atoms. The van der Waals surface area contributed by atoms with E-state index < -0.39 is 12.0 Å². The summed E-state index contributed by atoms with van der Waals surface area (Å²) in [5, 5.41) is 12.0. The first-order valence-electron chi connectivity index (χ1n) is 8.21. The van der Waals surface area contributed by atoms with Crippen LogP contribution < -0.4 is 5.32 Å². The van der Waals surface area contributed by atoms with Crippen LogP contribution in [0.4, 0.5) is 0 Å². The van der Waals surface area contributed by atoms with Gasteiger partial charge in [0.2, 0.25) is 5.91 Å². The number of carboxylic acids is 1. The lowest BCUT2D eigenvalue weighted by Gasteiger charge is -2.18. The number of hydrogen-bond acceptors (Lipinski definition) is 2. The molecular weight excluding hydrogens is 302 g/mol. The molecule has 0 fully saturated rings. The van der Waals surface area contributed by atoms with E-state index in [9.17, 15) is 14.7 Å². The van der Waals surface area contributed by atoms with E-state index in [0.717, 1.165) is 17.5 Å². The van der Waals surface area contributed by atoms with Gasteiger partial charge in [0.25, 0.3) is 0 Å². The van der Waals surface area contributed by atoms with Crippen LogP contribution in [0.15, 0.2) is 60.7 Å². The minimum atomic E-state index is -1.01. The number of aliphatic carboxylic acids is 1. The van der Waals surface area contributed by atoms with E-state index in [1.165, 1.54) is 0 Å². The first-order valence-corrected chi connectivity index (χ1v) is 8.21. The summed E-state index contributed by atoms with van der Waals surface area (Å²) in [7, 11) is 0. The van der Waals surface area contributed by atoms with Gasteiger partial charge in [-0.3, -0.25) is 4.79 Å². The van der Waals surface area contributed by atoms with Crippen molar-refractivity contribution in [2.75, 3.05) is 0 Å². The van der Waals surface area contributed by atoms with Gasteiger partial charge < -0.3 is 10.4 Å². The van der Waals surface area contributed by atoms with E-state index in [0.29, 0.717) is 6.42 Å². The van der Waals surface area contributed by atoms with Crippen LogP contribution in [0.25, 0.3) is 0 Å². The Hall–Kier alpha value is -2.62. The summed E-state index contributed by atoms with van der Waals surface area (Å²) < 4.78 is 0. The molecule has 0 radical (unpaired) electrons. The molecule has 0 aliphatic carbocycles. The molecule has 2 aromatic carbocycles. The van der Waals surface area contributed by atoms with Crippen molar-refractivity contribution in [3.8, 4) is 0 Å². The summed E-state index contributed by atoms with van der Waals surface area (Å²) in [4.78, 5) is 23.8. The van der Waals surface area contributed by atoms with Crippen LogP contribution in [0.5, 0.6) is 0 Å². The van der Waals surface area contributed by atoms with Gasteiger partial charge in [-0.25, -0.2) is 4.79 Å². The summed E-state index contributed by atoms with van der Waals surface area (Å²) in [6, 6.07) is 18.3. The smallest absolute Gasteiger partial charge is 0.326 e. The van der Waals surface area contributed by atoms with Gasteiger partial charge in [-0.05, 0) is 23.5 Å². The van der Waals surface area contributed by atoms with E-state index in [-0.39, 0.29) is 18.2 Å². The number of carbonyl (C=O) groups is 2. The van der Waals surface area contributed by atoms with Gasteiger partial charge in [0.15, 0.2) is 0 Å². The number of rotatable bonds is 8. The van der Waals surface area contributed by atoms with Gasteiger partial charge in [0.1, 0.15) is 6.04 Å². The summed E-state index contributed by atoms with van der Waals surface area (Å²) in [5.41, 5.74) is 1.99. The third kappa shape index (κ3) is 5.23. The maximum atomic E-state index is 12.3.